The van der Waals surface area contributed by atoms with E-state index in [-0.39, 0.29) is 23.1 Å². The number of likely N-dealkylation sites (tertiary alicyclic amines) is 1. The molecule has 0 atom stereocenters. The largest absolute Gasteiger partial charge is 0.430 e. The zero-order valence-corrected chi connectivity index (χ0v) is 19.6. The van der Waals surface area contributed by atoms with Crippen molar-refractivity contribution in [1.82, 2.24) is 4.90 Å². The number of nitrogens with zero attached hydrogens (tertiary/aromatic N) is 2. The molecule has 178 valence electrons. The van der Waals surface area contributed by atoms with Crippen LogP contribution in [0.3, 0.4) is 0 Å². The number of aliphatic imine (C=N–C) groups is 1. The number of benzene rings is 1. The average molecular weight is 500 g/mol. The van der Waals surface area contributed by atoms with Gasteiger partial charge in [0.2, 0.25) is 5.91 Å². The van der Waals surface area contributed by atoms with Crippen LogP contribution in [0.2, 0.25) is 0 Å². The van der Waals surface area contributed by atoms with Crippen LogP contribution in [0, 0.1) is 0 Å². The van der Waals surface area contributed by atoms with Crippen LogP contribution in [0.25, 0.3) is 10.4 Å². The molecule has 1 aliphatic rings. The average Bonchev–Trinajstić information content (AvgIpc) is 3.26. The van der Waals surface area contributed by atoms with Gasteiger partial charge >= 0.3 is 6.18 Å². The first kappa shape index (κ1) is 25.0. The number of nitrogens with two attached hydrogens (primary N) is 1. The van der Waals surface area contributed by atoms with Crippen LogP contribution >= 0.6 is 11.3 Å². The van der Waals surface area contributed by atoms with Crippen LogP contribution in [0.15, 0.2) is 58.1 Å². The summed E-state index contributed by atoms with van der Waals surface area (Å²) < 4.78 is 62.9. The molecule has 1 aromatic heterocycles. The fourth-order valence-corrected chi connectivity index (χ4v) is 4.98. The standard InChI is InChI=1S/C22H24F3N3O3S2/c1-33(30,31)16-7-5-6-15(12-16)18-8-9-19(32-18)17(13-20(26)22(23,24)25)27-14-21(29)28-10-3-2-4-11-28/h5-9,12-13H,2-4,10-11,14,26H2,1H3/b20-13-,27-17?. The second kappa shape index (κ2) is 10.1. The molecule has 2 N–H and O–H groups in total. The number of hydrogen-bond acceptors (Lipinski definition) is 6. The number of piperidine rings is 1. The first-order chi connectivity index (χ1) is 15.4. The lowest BCUT2D eigenvalue weighted by Crippen LogP contribution is -2.37. The lowest BCUT2D eigenvalue weighted by atomic mass is 10.1. The summed E-state index contributed by atoms with van der Waals surface area (Å²) in [6.45, 7) is 0.946. The molecule has 1 amide bonds. The fraction of sp³-hybridized carbons (Fsp3) is 0.364. The van der Waals surface area contributed by atoms with Crippen LogP contribution in [0.1, 0.15) is 24.1 Å². The van der Waals surface area contributed by atoms with Gasteiger partial charge in [-0.15, -0.1) is 11.3 Å². The Kier molecular flexibility index (Phi) is 7.63. The fourth-order valence-electron chi connectivity index (χ4n) is 3.33. The van der Waals surface area contributed by atoms with E-state index >= 15 is 0 Å². The van der Waals surface area contributed by atoms with Gasteiger partial charge in [0.1, 0.15) is 12.2 Å². The lowest BCUT2D eigenvalue weighted by molar-refractivity contribution is -0.130. The second-order valence-corrected chi connectivity index (χ2v) is 10.8. The molecule has 0 radical (unpaired) electrons. The molecule has 2 aromatic rings. The molecule has 0 aliphatic carbocycles. The van der Waals surface area contributed by atoms with E-state index in [4.69, 9.17) is 5.73 Å². The number of allylic oxidation sites excluding steroid dienone is 2. The zero-order valence-electron chi connectivity index (χ0n) is 17.9. The molecule has 1 fully saturated rings. The van der Waals surface area contributed by atoms with E-state index in [0.717, 1.165) is 42.9 Å². The molecular weight excluding hydrogens is 475 g/mol. The number of carbonyl (C=O) groups excluding carboxylic acids is 1. The van der Waals surface area contributed by atoms with Crippen LogP contribution in [0.4, 0.5) is 13.2 Å². The van der Waals surface area contributed by atoms with E-state index in [1.165, 1.54) is 12.1 Å². The third-order valence-corrected chi connectivity index (χ3v) is 7.39. The van der Waals surface area contributed by atoms with Gasteiger partial charge in [0.05, 0.1) is 15.5 Å². The predicted molar refractivity (Wildman–Crippen MR) is 123 cm³/mol. The number of halogens is 3. The van der Waals surface area contributed by atoms with Crippen molar-refractivity contribution in [2.45, 2.75) is 30.3 Å². The maximum Gasteiger partial charge on any atom is 0.430 e. The van der Waals surface area contributed by atoms with Gasteiger partial charge < -0.3 is 10.6 Å². The first-order valence-corrected chi connectivity index (χ1v) is 12.9. The quantitative estimate of drug-likeness (QED) is 0.608. The molecule has 1 aliphatic heterocycles. The SMILES string of the molecule is CS(=O)(=O)c1cccc(-c2ccc(C(/C=C(\N)C(F)(F)F)=NCC(=O)N3CCCCC3)s2)c1. The Morgan fingerprint density at radius 1 is 1.18 bits per heavy atom. The molecule has 3 rings (SSSR count). The number of thiophene rings is 1. The smallest absolute Gasteiger partial charge is 0.395 e. The number of hydrogen-bond donors (Lipinski definition) is 1. The lowest BCUT2D eigenvalue weighted by Gasteiger charge is -2.26. The van der Waals surface area contributed by atoms with Gasteiger partial charge in [-0.3, -0.25) is 9.79 Å². The highest BCUT2D eigenvalue weighted by Gasteiger charge is 2.32. The summed E-state index contributed by atoms with van der Waals surface area (Å²) in [7, 11) is -3.42. The minimum atomic E-state index is -4.73. The van der Waals surface area contributed by atoms with Crippen molar-refractivity contribution in [3.05, 3.63) is 53.0 Å². The highest BCUT2D eigenvalue weighted by atomic mass is 32.2. The minimum Gasteiger partial charge on any atom is -0.395 e. The highest BCUT2D eigenvalue weighted by molar-refractivity contribution is 7.90. The van der Waals surface area contributed by atoms with Crippen molar-refractivity contribution in [1.29, 1.82) is 0 Å². The normalized spacial score (nSPS) is 16.2. The first-order valence-electron chi connectivity index (χ1n) is 10.2. The van der Waals surface area contributed by atoms with Crippen LogP contribution < -0.4 is 5.73 Å². The Morgan fingerprint density at radius 3 is 2.52 bits per heavy atom. The van der Waals surface area contributed by atoms with Gasteiger partial charge in [0, 0.05) is 24.2 Å². The summed E-state index contributed by atoms with van der Waals surface area (Å²) in [6, 6.07) is 9.53. The summed E-state index contributed by atoms with van der Waals surface area (Å²) >= 11 is 1.14. The molecule has 11 heteroatoms. The van der Waals surface area contributed by atoms with E-state index in [1.807, 2.05) is 0 Å². The number of amides is 1. The predicted octanol–water partition coefficient (Wildman–Crippen LogP) is 4.03. The third-order valence-electron chi connectivity index (χ3n) is 5.12. The Bertz CT molecular complexity index is 1180. The molecule has 0 spiro atoms. The molecular formula is C22H24F3N3O3S2. The maximum absolute atomic E-state index is 13.1. The number of carbonyl (C=O) groups is 1. The van der Waals surface area contributed by atoms with Crippen molar-refractivity contribution in [2.24, 2.45) is 10.7 Å². The Hall–Kier alpha value is -2.66. The van der Waals surface area contributed by atoms with Crippen molar-refractivity contribution in [2.75, 3.05) is 25.9 Å². The van der Waals surface area contributed by atoms with Gasteiger partial charge in [-0.2, -0.15) is 13.2 Å². The molecule has 1 saturated heterocycles. The monoisotopic (exact) mass is 499 g/mol. The summed E-state index contributed by atoms with van der Waals surface area (Å²) in [5.74, 6) is -0.246. The van der Waals surface area contributed by atoms with E-state index in [0.29, 0.717) is 28.4 Å². The molecule has 33 heavy (non-hydrogen) atoms. The molecule has 0 bridgehead atoms. The molecule has 0 saturated carbocycles. The highest BCUT2D eigenvalue weighted by Crippen LogP contribution is 2.31. The van der Waals surface area contributed by atoms with Gasteiger partial charge in [-0.05, 0) is 55.2 Å². The van der Waals surface area contributed by atoms with Crippen LogP contribution in [-0.2, 0) is 14.6 Å². The summed E-state index contributed by atoms with van der Waals surface area (Å²) in [5.41, 5.74) is 4.46. The van der Waals surface area contributed by atoms with Gasteiger partial charge in [0.15, 0.2) is 9.84 Å². The summed E-state index contributed by atoms with van der Waals surface area (Å²) in [6.07, 6.45) is -0.0792. The topological polar surface area (TPSA) is 92.8 Å². The van der Waals surface area contributed by atoms with E-state index < -0.39 is 21.7 Å². The van der Waals surface area contributed by atoms with Crippen LogP contribution in [0.5, 0.6) is 0 Å². The number of alkyl halides is 3. The Morgan fingerprint density at radius 2 is 1.88 bits per heavy atom. The number of rotatable bonds is 6. The van der Waals surface area contributed by atoms with Crippen molar-refractivity contribution in [3.63, 3.8) is 0 Å². The van der Waals surface area contributed by atoms with Gasteiger partial charge in [-0.1, -0.05) is 12.1 Å². The third kappa shape index (κ3) is 6.67. The summed E-state index contributed by atoms with van der Waals surface area (Å²) in [5, 5.41) is 0. The molecule has 1 aromatic carbocycles. The minimum absolute atomic E-state index is 0.0503. The van der Waals surface area contributed by atoms with Crippen molar-refractivity contribution in [3.8, 4) is 10.4 Å². The van der Waals surface area contributed by atoms with Crippen molar-refractivity contribution >= 4 is 32.8 Å². The van der Waals surface area contributed by atoms with E-state index in [2.05, 4.69) is 4.99 Å². The Balaban J connectivity index is 1.93. The van der Waals surface area contributed by atoms with Gasteiger partial charge in [0.25, 0.3) is 0 Å². The summed E-state index contributed by atoms with van der Waals surface area (Å²) in [4.78, 5) is 19.5. The Labute approximate surface area is 194 Å². The van der Waals surface area contributed by atoms with Gasteiger partial charge in [-0.25, -0.2) is 8.42 Å². The van der Waals surface area contributed by atoms with E-state index in [9.17, 15) is 26.4 Å². The molecule has 2 heterocycles. The van der Waals surface area contributed by atoms with Crippen molar-refractivity contribution < 1.29 is 26.4 Å². The zero-order chi connectivity index (χ0) is 24.2. The maximum atomic E-state index is 13.1. The molecule has 6 nitrogen and oxygen atoms in total. The van der Waals surface area contributed by atoms with Crippen LogP contribution in [-0.4, -0.2) is 57.0 Å². The second-order valence-electron chi connectivity index (χ2n) is 7.70. The molecule has 0 unspecified atom stereocenters. The number of sulfone groups is 1. The van der Waals surface area contributed by atoms with E-state index in [1.54, 1.807) is 29.2 Å².